The van der Waals surface area contributed by atoms with Crippen LogP contribution in [0.1, 0.15) is 49.5 Å². The van der Waals surface area contributed by atoms with Crippen LogP contribution in [-0.4, -0.2) is 36.5 Å². The maximum atomic E-state index is 13.0. The van der Waals surface area contributed by atoms with Crippen LogP contribution < -0.4 is 11.1 Å². The Morgan fingerprint density at radius 1 is 1.28 bits per heavy atom. The maximum Gasteiger partial charge on any atom is 0.254 e. The Hall–Kier alpha value is -1.26. The molecular formula is C20H32ClN3O. The number of hydrogen-bond donors (Lipinski definition) is 2. The van der Waals surface area contributed by atoms with Crippen molar-refractivity contribution >= 4 is 24.0 Å². The quantitative estimate of drug-likeness (QED) is 0.858. The number of fused-ring (bicyclic) bond motifs is 1. The van der Waals surface area contributed by atoms with Gasteiger partial charge < -0.3 is 16.0 Å². The van der Waals surface area contributed by atoms with E-state index in [1.807, 2.05) is 24.0 Å². The number of amides is 1. The van der Waals surface area contributed by atoms with Gasteiger partial charge in [0.05, 0.1) is 0 Å². The molecule has 1 amide bonds. The van der Waals surface area contributed by atoms with E-state index >= 15 is 0 Å². The van der Waals surface area contributed by atoms with Gasteiger partial charge in [0.25, 0.3) is 5.91 Å². The SMILES string of the molecule is Cc1c(NCC(C)(C)C)cccc1C(=O)N1CC2CCC(N)C2C1.Cl. The highest BCUT2D eigenvalue weighted by molar-refractivity contribution is 5.97. The third kappa shape index (κ3) is 4.29. The van der Waals surface area contributed by atoms with E-state index in [1.54, 1.807) is 0 Å². The van der Waals surface area contributed by atoms with Gasteiger partial charge in [0.2, 0.25) is 0 Å². The molecule has 3 atom stereocenters. The molecule has 1 aliphatic heterocycles. The first-order chi connectivity index (χ1) is 11.3. The van der Waals surface area contributed by atoms with Crippen molar-refractivity contribution in [3.05, 3.63) is 29.3 Å². The van der Waals surface area contributed by atoms with Gasteiger partial charge in [-0.3, -0.25) is 4.79 Å². The number of nitrogens with two attached hydrogens (primary N) is 1. The van der Waals surface area contributed by atoms with Crippen molar-refractivity contribution < 1.29 is 4.79 Å². The van der Waals surface area contributed by atoms with E-state index in [0.717, 1.165) is 42.9 Å². The maximum absolute atomic E-state index is 13.0. The van der Waals surface area contributed by atoms with Crippen molar-refractivity contribution in [2.45, 2.75) is 46.6 Å². The molecule has 140 valence electrons. The molecule has 0 spiro atoms. The van der Waals surface area contributed by atoms with Crippen molar-refractivity contribution in [1.82, 2.24) is 4.90 Å². The topological polar surface area (TPSA) is 58.4 Å². The molecule has 2 fully saturated rings. The Morgan fingerprint density at radius 3 is 2.64 bits per heavy atom. The summed E-state index contributed by atoms with van der Waals surface area (Å²) in [6, 6.07) is 6.27. The van der Waals surface area contributed by atoms with Gasteiger partial charge in [0.15, 0.2) is 0 Å². The second-order valence-corrected chi connectivity index (χ2v) is 8.77. The van der Waals surface area contributed by atoms with Crippen LogP contribution in [0.2, 0.25) is 0 Å². The fourth-order valence-electron chi connectivity index (χ4n) is 4.06. The van der Waals surface area contributed by atoms with Gasteiger partial charge in [-0.05, 0) is 54.7 Å². The van der Waals surface area contributed by atoms with E-state index in [4.69, 9.17) is 5.73 Å². The molecule has 5 heteroatoms. The van der Waals surface area contributed by atoms with Gasteiger partial charge in [0.1, 0.15) is 0 Å². The molecule has 1 heterocycles. The molecule has 25 heavy (non-hydrogen) atoms. The van der Waals surface area contributed by atoms with Gasteiger partial charge >= 0.3 is 0 Å². The minimum absolute atomic E-state index is 0. The molecule has 3 unspecified atom stereocenters. The van der Waals surface area contributed by atoms with Gasteiger partial charge in [-0.25, -0.2) is 0 Å². The van der Waals surface area contributed by atoms with Gasteiger partial charge in [0, 0.05) is 36.9 Å². The first-order valence-corrected chi connectivity index (χ1v) is 9.14. The first-order valence-electron chi connectivity index (χ1n) is 9.14. The number of carbonyl (C=O) groups excluding carboxylic acids is 1. The Bertz CT molecular complexity index is 626. The molecule has 0 aromatic heterocycles. The van der Waals surface area contributed by atoms with E-state index in [1.165, 1.54) is 6.42 Å². The number of anilines is 1. The number of halogens is 1. The second-order valence-electron chi connectivity index (χ2n) is 8.77. The van der Waals surface area contributed by atoms with Crippen LogP contribution in [0.5, 0.6) is 0 Å². The van der Waals surface area contributed by atoms with E-state index in [2.05, 4.69) is 32.2 Å². The second kappa shape index (κ2) is 7.55. The normalized spacial score (nSPS) is 25.5. The van der Waals surface area contributed by atoms with Crippen LogP contribution >= 0.6 is 12.4 Å². The van der Waals surface area contributed by atoms with Crippen molar-refractivity contribution in [1.29, 1.82) is 0 Å². The Kier molecular flexibility index (Phi) is 6.05. The molecule has 1 saturated carbocycles. The lowest BCUT2D eigenvalue weighted by Gasteiger charge is -2.23. The highest BCUT2D eigenvalue weighted by Gasteiger charge is 2.42. The monoisotopic (exact) mass is 365 g/mol. The summed E-state index contributed by atoms with van der Waals surface area (Å²) in [5.74, 6) is 1.26. The summed E-state index contributed by atoms with van der Waals surface area (Å²) < 4.78 is 0. The molecule has 1 aromatic carbocycles. The number of rotatable bonds is 3. The molecule has 3 N–H and O–H groups in total. The fourth-order valence-corrected chi connectivity index (χ4v) is 4.06. The Morgan fingerprint density at radius 2 is 2.00 bits per heavy atom. The largest absolute Gasteiger partial charge is 0.384 e. The first kappa shape index (κ1) is 20.1. The molecule has 1 aliphatic carbocycles. The van der Waals surface area contributed by atoms with Crippen molar-refractivity contribution in [2.75, 3.05) is 25.0 Å². The summed E-state index contributed by atoms with van der Waals surface area (Å²) >= 11 is 0. The molecule has 1 aromatic rings. The van der Waals surface area contributed by atoms with Gasteiger partial charge in [-0.1, -0.05) is 26.8 Å². The number of benzene rings is 1. The average molecular weight is 366 g/mol. The lowest BCUT2D eigenvalue weighted by atomic mass is 9.96. The highest BCUT2D eigenvalue weighted by atomic mass is 35.5. The van der Waals surface area contributed by atoms with Crippen LogP contribution in [0.15, 0.2) is 18.2 Å². The summed E-state index contributed by atoms with van der Waals surface area (Å²) in [5, 5.41) is 3.49. The summed E-state index contributed by atoms with van der Waals surface area (Å²) in [7, 11) is 0. The standard InChI is InChI=1S/C20H31N3O.ClH/c1-13-15(6-5-7-18(13)22-12-20(2,3)4)19(24)23-10-14-8-9-17(21)16(14)11-23;/h5-7,14,16-17,22H,8-12,21H2,1-4H3;1H. The Balaban J connectivity index is 0.00000225. The average Bonchev–Trinajstić information content (AvgIpc) is 3.07. The van der Waals surface area contributed by atoms with Crippen molar-refractivity contribution in [2.24, 2.45) is 23.0 Å². The molecular weight excluding hydrogens is 334 g/mol. The summed E-state index contributed by atoms with van der Waals surface area (Å²) in [6.45, 7) is 11.2. The zero-order valence-electron chi connectivity index (χ0n) is 15.8. The molecule has 0 radical (unpaired) electrons. The van der Waals surface area contributed by atoms with E-state index in [9.17, 15) is 4.79 Å². The number of nitrogens with one attached hydrogen (secondary N) is 1. The minimum Gasteiger partial charge on any atom is -0.384 e. The number of likely N-dealkylation sites (tertiary alicyclic amines) is 1. The third-order valence-electron chi connectivity index (χ3n) is 5.57. The fraction of sp³-hybridized carbons (Fsp3) is 0.650. The minimum atomic E-state index is 0. The van der Waals surface area contributed by atoms with Gasteiger partial charge in [-0.2, -0.15) is 0 Å². The van der Waals surface area contributed by atoms with E-state index < -0.39 is 0 Å². The number of nitrogens with zero attached hydrogens (tertiary/aromatic N) is 1. The number of carbonyl (C=O) groups is 1. The summed E-state index contributed by atoms with van der Waals surface area (Å²) in [5.41, 5.74) is 9.34. The highest BCUT2D eigenvalue weighted by Crippen LogP contribution is 2.38. The van der Waals surface area contributed by atoms with Crippen LogP contribution in [-0.2, 0) is 0 Å². The smallest absolute Gasteiger partial charge is 0.254 e. The van der Waals surface area contributed by atoms with Crippen molar-refractivity contribution in [3.63, 3.8) is 0 Å². The zero-order chi connectivity index (χ0) is 17.5. The predicted octanol–water partition coefficient (Wildman–Crippen LogP) is 3.68. The van der Waals surface area contributed by atoms with Crippen LogP contribution in [0.25, 0.3) is 0 Å². The Labute approximate surface area is 157 Å². The zero-order valence-corrected chi connectivity index (χ0v) is 16.7. The number of hydrogen-bond acceptors (Lipinski definition) is 3. The third-order valence-corrected chi connectivity index (χ3v) is 5.57. The van der Waals surface area contributed by atoms with Crippen LogP contribution in [0.4, 0.5) is 5.69 Å². The molecule has 2 aliphatic rings. The summed E-state index contributed by atoms with van der Waals surface area (Å²) in [6.07, 6.45) is 2.28. The van der Waals surface area contributed by atoms with E-state index in [0.29, 0.717) is 11.8 Å². The van der Waals surface area contributed by atoms with E-state index in [-0.39, 0.29) is 29.8 Å². The van der Waals surface area contributed by atoms with Crippen LogP contribution in [0.3, 0.4) is 0 Å². The summed E-state index contributed by atoms with van der Waals surface area (Å²) in [4.78, 5) is 15.0. The van der Waals surface area contributed by atoms with Crippen molar-refractivity contribution in [3.8, 4) is 0 Å². The lowest BCUT2D eigenvalue weighted by molar-refractivity contribution is 0.0779. The lowest BCUT2D eigenvalue weighted by Crippen LogP contribution is -2.33. The van der Waals surface area contributed by atoms with Gasteiger partial charge in [-0.15, -0.1) is 12.4 Å². The molecule has 4 nitrogen and oxygen atoms in total. The predicted molar refractivity (Wildman–Crippen MR) is 106 cm³/mol. The molecule has 1 saturated heterocycles. The molecule has 0 bridgehead atoms. The molecule has 3 rings (SSSR count). The van der Waals surface area contributed by atoms with Crippen LogP contribution in [0, 0.1) is 24.2 Å².